The summed E-state index contributed by atoms with van der Waals surface area (Å²) in [6.07, 6.45) is 1.69. The normalized spacial score (nSPS) is 24.8. The first-order valence-electron chi connectivity index (χ1n) is 15.4. The second kappa shape index (κ2) is 11.0. The molecule has 0 unspecified atom stereocenters. The van der Waals surface area contributed by atoms with Gasteiger partial charge in [-0.15, -0.1) is 0 Å². The molecule has 3 atom stereocenters. The average Bonchev–Trinajstić information content (AvgIpc) is 3.66. The number of nitrogens with two attached hydrogens (primary N) is 1. The van der Waals surface area contributed by atoms with Gasteiger partial charge in [-0.1, -0.05) is 22.9 Å². The van der Waals surface area contributed by atoms with E-state index in [2.05, 4.69) is 19.9 Å². The third-order valence-corrected chi connectivity index (χ3v) is 11.0. The van der Waals surface area contributed by atoms with E-state index in [0.717, 1.165) is 43.7 Å². The van der Waals surface area contributed by atoms with Crippen LogP contribution >= 0.6 is 22.9 Å². The van der Waals surface area contributed by atoms with Gasteiger partial charge in [0.2, 0.25) is 5.88 Å². The van der Waals surface area contributed by atoms with Crippen molar-refractivity contribution >= 4 is 55.2 Å². The fourth-order valence-corrected chi connectivity index (χ4v) is 8.26. The van der Waals surface area contributed by atoms with E-state index in [4.69, 9.17) is 26.8 Å². The molecule has 4 aliphatic heterocycles. The molecule has 4 aromatic rings. The molecule has 4 aliphatic rings. The number of hydrogen-bond donors (Lipinski definition) is 1. The first-order chi connectivity index (χ1) is 22.1. The molecule has 242 valence electrons. The molecule has 15 heteroatoms. The van der Waals surface area contributed by atoms with E-state index in [1.165, 1.54) is 18.2 Å². The number of hydrogen-bond acceptors (Lipinski definition) is 9. The first-order valence-corrected chi connectivity index (χ1v) is 16.6. The van der Waals surface area contributed by atoms with Crippen molar-refractivity contribution in [3.05, 3.63) is 34.9 Å². The highest BCUT2D eigenvalue weighted by molar-refractivity contribution is 7.22. The van der Waals surface area contributed by atoms with E-state index in [1.54, 1.807) is 4.90 Å². The van der Waals surface area contributed by atoms with Gasteiger partial charge in [-0.3, -0.25) is 4.90 Å². The number of benzene rings is 2. The molecular formula is C31H31ClF3N7O3S. The van der Waals surface area contributed by atoms with Crippen molar-refractivity contribution in [2.24, 2.45) is 0 Å². The second-order valence-electron chi connectivity index (χ2n) is 12.7. The van der Waals surface area contributed by atoms with Gasteiger partial charge in [0.1, 0.15) is 30.2 Å². The van der Waals surface area contributed by atoms with Crippen LogP contribution in [0.5, 0.6) is 11.9 Å². The lowest BCUT2D eigenvalue weighted by Crippen LogP contribution is -2.63. The van der Waals surface area contributed by atoms with Crippen molar-refractivity contribution in [1.29, 1.82) is 0 Å². The topological polar surface area (TPSA) is 110 Å². The number of ether oxygens (including phenoxy) is 2. The number of fused-ring (bicyclic) bond motifs is 3. The zero-order valence-corrected chi connectivity index (χ0v) is 26.5. The Morgan fingerprint density at radius 3 is 2.76 bits per heavy atom. The molecule has 4 saturated heterocycles. The number of nitrogens with zero attached hydrogens (tertiary/aromatic N) is 6. The summed E-state index contributed by atoms with van der Waals surface area (Å²) in [6.45, 7) is 4.70. The van der Waals surface area contributed by atoms with Crippen LogP contribution in [0.2, 0.25) is 5.02 Å². The molecule has 4 fully saturated rings. The number of aromatic nitrogens is 3. The van der Waals surface area contributed by atoms with Gasteiger partial charge < -0.3 is 25.0 Å². The summed E-state index contributed by atoms with van der Waals surface area (Å²) in [5.74, 6) is -1.26. The minimum Gasteiger partial charge on any atom is -0.470 e. The molecule has 10 nitrogen and oxygen atoms in total. The van der Waals surface area contributed by atoms with E-state index in [-0.39, 0.29) is 73.0 Å². The number of rotatable bonds is 6. The van der Waals surface area contributed by atoms with Crippen LogP contribution in [0.3, 0.4) is 0 Å². The van der Waals surface area contributed by atoms with Crippen molar-refractivity contribution in [3.8, 4) is 23.0 Å². The van der Waals surface area contributed by atoms with Crippen LogP contribution in [-0.4, -0.2) is 98.9 Å². The highest BCUT2D eigenvalue weighted by atomic mass is 35.5. The summed E-state index contributed by atoms with van der Waals surface area (Å²) in [4.78, 5) is 31.6. The average molecular weight is 674 g/mol. The highest BCUT2D eigenvalue weighted by Crippen LogP contribution is 2.44. The number of carbonyl (C=O) groups excluding carboxylic acids is 1. The molecule has 46 heavy (non-hydrogen) atoms. The zero-order chi connectivity index (χ0) is 31.9. The van der Waals surface area contributed by atoms with Gasteiger partial charge in [-0.05, 0) is 50.9 Å². The van der Waals surface area contributed by atoms with Crippen LogP contribution in [0.1, 0.15) is 32.6 Å². The van der Waals surface area contributed by atoms with Crippen molar-refractivity contribution in [2.45, 2.75) is 56.5 Å². The van der Waals surface area contributed by atoms with Crippen LogP contribution in [0, 0.1) is 11.6 Å². The molecule has 2 aromatic heterocycles. The Labute approximate surface area is 271 Å². The molecular weight excluding hydrogens is 643 g/mol. The number of alkyl halides is 1. The summed E-state index contributed by atoms with van der Waals surface area (Å²) >= 11 is 7.67. The second-order valence-corrected chi connectivity index (χ2v) is 14.1. The summed E-state index contributed by atoms with van der Waals surface area (Å²) in [7, 11) is 0. The van der Waals surface area contributed by atoms with Gasteiger partial charge in [0.05, 0.1) is 39.3 Å². The van der Waals surface area contributed by atoms with Crippen LogP contribution < -0.4 is 15.2 Å². The van der Waals surface area contributed by atoms with Crippen molar-refractivity contribution in [2.75, 3.05) is 45.1 Å². The number of anilines is 1. The molecule has 0 saturated carbocycles. The van der Waals surface area contributed by atoms with Crippen LogP contribution in [0.25, 0.3) is 32.2 Å². The van der Waals surface area contributed by atoms with Crippen molar-refractivity contribution in [1.82, 2.24) is 29.7 Å². The van der Waals surface area contributed by atoms with E-state index < -0.39 is 29.4 Å². The number of halogens is 4. The van der Waals surface area contributed by atoms with Gasteiger partial charge >= 0.3 is 12.0 Å². The van der Waals surface area contributed by atoms with E-state index in [9.17, 15) is 13.6 Å². The SMILES string of the molecule is C[C@@H]1CCN1C(=O)N1CC(Oc2nc(OC[C@@]34CCCN3C[C@H](F)C4)nc3c(F)c(-c4ccc(F)c5sc(N)nc45)c(Cl)cc23)C1. The number of nitrogen functional groups attached to an aromatic ring is 1. The third kappa shape index (κ3) is 4.79. The number of carbonyl (C=O) groups is 1. The Morgan fingerprint density at radius 1 is 1.17 bits per heavy atom. The molecule has 0 bridgehead atoms. The maximum Gasteiger partial charge on any atom is 0.320 e. The molecule has 0 aliphatic carbocycles. The van der Waals surface area contributed by atoms with Gasteiger partial charge in [0.25, 0.3) is 0 Å². The Kier molecular flexibility index (Phi) is 7.11. The molecule has 0 radical (unpaired) electrons. The fourth-order valence-electron chi connectivity index (χ4n) is 7.20. The molecule has 0 spiro atoms. The molecule has 2 aromatic carbocycles. The highest BCUT2D eigenvalue weighted by Gasteiger charge is 2.49. The molecule has 2 amide bonds. The summed E-state index contributed by atoms with van der Waals surface area (Å²) < 4.78 is 58.2. The zero-order valence-electron chi connectivity index (χ0n) is 24.9. The Bertz CT molecular complexity index is 1890. The minimum atomic E-state index is -0.946. The van der Waals surface area contributed by atoms with E-state index in [0.29, 0.717) is 26.1 Å². The van der Waals surface area contributed by atoms with Gasteiger partial charge in [-0.2, -0.15) is 9.97 Å². The third-order valence-electron chi connectivity index (χ3n) is 9.80. The van der Waals surface area contributed by atoms with Crippen molar-refractivity contribution < 1.29 is 27.4 Å². The van der Waals surface area contributed by atoms with Crippen LogP contribution in [0.15, 0.2) is 18.2 Å². The van der Waals surface area contributed by atoms with E-state index >= 15 is 4.39 Å². The minimum absolute atomic E-state index is 0.0178. The maximum absolute atomic E-state index is 16.6. The molecule has 6 heterocycles. The van der Waals surface area contributed by atoms with E-state index in [1.807, 2.05) is 11.8 Å². The number of amides is 2. The predicted octanol–water partition coefficient (Wildman–Crippen LogP) is 5.65. The van der Waals surface area contributed by atoms with Gasteiger partial charge in [0, 0.05) is 36.7 Å². The summed E-state index contributed by atoms with van der Waals surface area (Å²) in [5, 5.41) is 0.358. The molecule has 8 rings (SSSR count). The lowest BCUT2D eigenvalue weighted by atomic mass is 9.95. The van der Waals surface area contributed by atoms with Gasteiger partial charge in [-0.25, -0.2) is 22.9 Å². The maximum atomic E-state index is 16.6. The lowest BCUT2D eigenvalue weighted by Gasteiger charge is -2.46. The van der Waals surface area contributed by atoms with Crippen molar-refractivity contribution in [3.63, 3.8) is 0 Å². The summed E-state index contributed by atoms with van der Waals surface area (Å²) in [6, 6.07) is 4.18. The summed E-state index contributed by atoms with van der Waals surface area (Å²) in [5.41, 5.74) is 5.70. The Morgan fingerprint density at radius 2 is 2.00 bits per heavy atom. The number of likely N-dealkylation sites (tertiary alicyclic amines) is 2. The standard InChI is InChI=1S/C31H31ClF3N7O3S/c1-15-5-8-42(15)30(43)40-12-17(13-40)45-27-19-9-20(32)22(18-3-4-21(34)26-25(18)37-28(36)46-26)23(35)24(19)38-29(39-27)44-14-31-6-2-7-41(31)11-16(33)10-31/h3-4,9,15-17H,2,5-8,10-14H2,1H3,(H2,36,37)/t15-,16-,31+/m1/s1. The smallest absolute Gasteiger partial charge is 0.320 e. The fraction of sp³-hybridized carbons (Fsp3) is 0.484. The lowest BCUT2D eigenvalue weighted by molar-refractivity contribution is 0.0121. The number of thiazole rings is 1. The largest absolute Gasteiger partial charge is 0.470 e. The monoisotopic (exact) mass is 673 g/mol. The predicted molar refractivity (Wildman–Crippen MR) is 168 cm³/mol. The Balaban J connectivity index is 1.16. The Hall–Kier alpha value is -3.62. The van der Waals surface area contributed by atoms with Crippen LogP contribution in [-0.2, 0) is 0 Å². The molecule has 2 N–H and O–H groups in total. The first kappa shape index (κ1) is 29.8. The van der Waals surface area contributed by atoms with Crippen LogP contribution in [0.4, 0.5) is 23.1 Å². The quantitative estimate of drug-likeness (QED) is 0.280. The van der Waals surface area contributed by atoms with Gasteiger partial charge in [0.15, 0.2) is 10.9 Å². The number of urea groups is 1.